The molecule has 7 nitrogen and oxygen atoms in total. The highest BCUT2D eigenvalue weighted by Gasteiger charge is 2.20. The van der Waals surface area contributed by atoms with Crippen molar-refractivity contribution < 1.29 is 14.3 Å². The molecule has 0 fully saturated rings. The highest BCUT2D eigenvalue weighted by atomic mass is 32.1. The molecule has 0 spiro atoms. The van der Waals surface area contributed by atoms with Gasteiger partial charge in [-0.1, -0.05) is 18.2 Å². The lowest BCUT2D eigenvalue weighted by molar-refractivity contribution is -0.148. The van der Waals surface area contributed by atoms with Crippen molar-refractivity contribution in [2.75, 3.05) is 18.6 Å². The van der Waals surface area contributed by atoms with Crippen LogP contribution in [-0.2, 0) is 33.7 Å². The number of fused-ring (bicyclic) bond motifs is 3. The summed E-state index contributed by atoms with van der Waals surface area (Å²) in [5.74, 6) is -0.844. The van der Waals surface area contributed by atoms with Crippen LogP contribution in [0.3, 0.4) is 0 Å². The molecule has 3 aromatic rings. The maximum absolute atomic E-state index is 12.9. The van der Waals surface area contributed by atoms with Crippen LogP contribution < -0.4 is 10.5 Å². The molecule has 8 heteroatoms. The van der Waals surface area contributed by atoms with Gasteiger partial charge in [0.25, 0.3) is 11.5 Å². The van der Waals surface area contributed by atoms with E-state index in [4.69, 9.17) is 4.74 Å². The summed E-state index contributed by atoms with van der Waals surface area (Å²) in [6.45, 7) is -0.164. The lowest BCUT2D eigenvalue weighted by atomic mass is 9.97. The second kappa shape index (κ2) is 8.79. The molecular weight excluding hydrogens is 402 g/mol. The van der Waals surface area contributed by atoms with Gasteiger partial charge in [-0.2, -0.15) is 0 Å². The summed E-state index contributed by atoms with van der Waals surface area (Å²) in [6.07, 6.45) is 5.65. The number of amides is 1. The van der Waals surface area contributed by atoms with E-state index >= 15 is 0 Å². The number of para-hydroxylation sites is 1. The van der Waals surface area contributed by atoms with Gasteiger partial charge in [0, 0.05) is 24.2 Å². The molecule has 156 valence electrons. The van der Waals surface area contributed by atoms with E-state index in [9.17, 15) is 14.4 Å². The van der Waals surface area contributed by atoms with Gasteiger partial charge < -0.3 is 9.64 Å². The lowest BCUT2D eigenvalue weighted by Crippen LogP contribution is -2.31. The standard InChI is InChI=1S/C22H23N3O4S/c1-24(15-7-3-2-4-8-15)18(26)13-29-19(27)11-12-25-14-23-21-20(22(25)28)16-9-5-6-10-17(16)30-21/h2-4,7-8,14H,5-6,9-13H2,1H3. The van der Waals surface area contributed by atoms with Gasteiger partial charge >= 0.3 is 5.97 Å². The fourth-order valence-corrected chi connectivity index (χ4v) is 4.88. The highest BCUT2D eigenvalue weighted by molar-refractivity contribution is 7.18. The molecule has 1 amide bonds. The quantitative estimate of drug-likeness (QED) is 0.567. The third kappa shape index (κ3) is 4.14. The predicted molar refractivity (Wildman–Crippen MR) is 116 cm³/mol. The van der Waals surface area contributed by atoms with Crippen LogP contribution in [0.15, 0.2) is 41.5 Å². The number of ether oxygens (including phenoxy) is 1. The SMILES string of the molecule is CN(C(=O)COC(=O)CCn1cnc2sc3c(c2c1=O)CCCC3)c1ccccc1. The molecule has 2 aromatic heterocycles. The van der Waals surface area contributed by atoms with E-state index in [1.54, 1.807) is 30.5 Å². The van der Waals surface area contributed by atoms with E-state index in [1.165, 1.54) is 20.7 Å². The Hall–Kier alpha value is -3.00. The second-order valence-corrected chi connectivity index (χ2v) is 8.42. The van der Waals surface area contributed by atoms with Gasteiger partial charge in [0.15, 0.2) is 6.61 Å². The molecule has 4 rings (SSSR count). The van der Waals surface area contributed by atoms with Crippen molar-refractivity contribution in [3.63, 3.8) is 0 Å². The number of thiophene rings is 1. The number of hydrogen-bond donors (Lipinski definition) is 0. The largest absolute Gasteiger partial charge is 0.455 e. The van der Waals surface area contributed by atoms with Crippen molar-refractivity contribution in [2.24, 2.45) is 0 Å². The van der Waals surface area contributed by atoms with Gasteiger partial charge in [0.2, 0.25) is 0 Å². The number of anilines is 1. The Labute approximate surface area is 177 Å². The van der Waals surface area contributed by atoms with Crippen LogP contribution in [0.2, 0.25) is 0 Å². The molecule has 0 unspecified atom stereocenters. The Bertz CT molecular complexity index is 1140. The molecule has 0 atom stereocenters. The topological polar surface area (TPSA) is 81.5 Å². The second-order valence-electron chi connectivity index (χ2n) is 7.33. The Morgan fingerprint density at radius 1 is 1.20 bits per heavy atom. The molecule has 0 radical (unpaired) electrons. The Morgan fingerprint density at radius 2 is 1.97 bits per heavy atom. The summed E-state index contributed by atoms with van der Waals surface area (Å²) < 4.78 is 6.57. The maximum atomic E-state index is 12.9. The number of aromatic nitrogens is 2. The zero-order valence-corrected chi connectivity index (χ0v) is 17.6. The molecule has 0 saturated carbocycles. The zero-order valence-electron chi connectivity index (χ0n) is 16.8. The molecule has 30 heavy (non-hydrogen) atoms. The number of benzene rings is 1. The van der Waals surface area contributed by atoms with E-state index in [0.29, 0.717) is 5.39 Å². The van der Waals surface area contributed by atoms with Gasteiger partial charge in [-0.3, -0.25) is 19.0 Å². The van der Waals surface area contributed by atoms with Crippen molar-refractivity contribution in [3.05, 3.63) is 57.5 Å². The molecule has 0 saturated heterocycles. The summed E-state index contributed by atoms with van der Waals surface area (Å²) in [5.41, 5.74) is 1.75. The summed E-state index contributed by atoms with van der Waals surface area (Å²) >= 11 is 1.60. The minimum atomic E-state index is -0.524. The Morgan fingerprint density at radius 3 is 2.77 bits per heavy atom. The number of rotatable bonds is 6. The van der Waals surface area contributed by atoms with E-state index in [-0.39, 0.29) is 31.0 Å². The smallest absolute Gasteiger partial charge is 0.308 e. The molecule has 0 bridgehead atoms. The van der Waals surface area contributed by atoms with Gasteiger partial charge in [-0.15, -0.1) is 11.3 Å². The van der Waals surface area contributed by atoms with Crippen LogP contribution in [0.1, 0.15) is 29.7 Å². The minimum Gasteiger partial charge on any atom is -0.455 e. The fraction of sp³-hybridized carbons (Fsp3) is 0.364. The number of hydrogen-bond acceptors (Lipinski definition) is 6. The summed E-state index contributed by atoms with van der Waals surface area (Å²) in [4.78, 5) is 45.1. The number of esters is 1. The van der Waals surface area contributed by atoms with Crippen LogP contribution in [0.5, 0.6) is 0 Å². The normalized spacial score (nSPS) is 13.1. The number of carbonyl (C=O) groups excluding carboxylic acids is 2. The average molecular weight is 426 g/mol. The van der Waals surface area contributed by atoms with Gasteiger partial charge in [-0.05, 0) is 43.4 Å². The molecule has 2 heterocycles. The Kier molecular flexibility index (Phi) is 5.94. The zero-order chi connectivity index (χ0) is 21.1. The first-order valence-electron chi connectivity index (χ1n) is 10.0. The monoisotopic (exact) mass is 425 g/mol. The molecule has 0 N–H and O–H groups in total. The first-order valence-corrected chi connectivity index (χ1v) is 10.8. The highest BCUT2D eigenvalue weighted by Crippen LogP contribution is 2.33. The van der Waals surface area contributed by atoms with Crippen molar-refractivity contribution in [2.45, 2.75) is 38.6 Å². The third-order valence-electron chi connectivity index (χ3n) is 5.37. The van der Waals surface area contributed by atoms with Gasteiger partial charge in [-0.25, -0.2) is 4.98 Å². The number of aryl methyl sites for hydroxylation is 3. The van der Waals surface area contributed by atoms with Crippen LogP contribution in [0, 0.1) is 0 Å². The molecular formula is C22H23N3O4S. The van der Waals surface area contributed by atoms with Crippen LogP contribution in [0.25, 0.3) is 10.2 Å². The summed E-state index contributed by atoms with van der Waals surface area (Å²) in [7, 11) is 1.63. The number of nitrogens with zero attached hydrogens (tertiary/aromatic N) is 3. The van der Waals surface area contributed by atoms with Gasteiger partial charge in [0.1, 0.15) is 4.83 Å². The van der Waals surface area contributed by atoms with E-state index in [2.05, 4.69) is 4.98 Å². The van der Waals surface area contributed by atoms with E-state index < -0.39 is 5.97 Å². The fourth-order valence-electron chi connectivity index (χ4n) is 3.66. The Balaban J connectivity index is 1.36. The summed E-state index contributed by atoms with van der Waals surface area (Å²) in [6, 6.07) is 9.13. The lowest BCUT2D eigenvalue weighted by Gasteiger charge is -2.17. The van der Waals surface area contributed by atoms with Crippen LogP contribution >= 0.6 is 11.3 Å². The van der Waals surface area contributed by atoms with Crippen molar-refractivity contribution in [1.29, 1.82) is 0 Å². The van der Waals surface area contributed by atoms with E-state index in [0.717, 1.165) is 41.8 Å². The average Bonchev–Trinajstić information content (AvgIpc) is 3.16. The number of likely N-dealkylation sites (N-methyl/N-ethyl adjacent to an activating group) is 1. The van der Waals surface area contributed by atoms with Crippen LogP contribution in [-0.4, -0.2) is 35.1 Å². The van der Waals surface area contributed by atoms with Crippen molar-refractivity contribution in [1.82, 2.24) is 9.55 Å². The maximum Gasteiger partial charge on any atom is 0.308 e. The first kappa shape index (κ1) is 20.3. The number of carbonyl (C=O) groups is 2. The molecule has 0 aliphatic heterocycles. The first-order chi connectivity index (χ1) is 14.5. The molecule has 1 aliphatic carbocycles. The van der Waals surface area contributed by atoms with Crippen molar-refractivity contribution >= 4 is 39.1 Å². The van der Waals surface area contributed by atoms with Gasteiger partial charge in [0.05, 0.1) is 18.1 Å². The minimum absolute atomic E-state index is 0.00174. The third-order valence-corrected chi connectivity index (χ3v) is 6.57. The summed E-state index contributed by atoms with van der Waals surface area (Å²) in [5, 5.41) is 0.699. The van der Waals surface area contributed by atoms with Crippen molar-refractivity contribution in [3.8, 4) is 0 Å². The molecule has 1 aliphatic rings. The molecule has 1 aromatic carbocycles. The van der Waals surface area contributed by atoms with E-state index in [1.807, 2.05) is 18.2 Å². The predicted octanol–water partition coefficient (Wildman–Crippen LogP) is 2.93. The van der Waals surface area contributed by atoms with Crippen LogP contribution in [0.4, 0.5) is 5.69 Å².